The molecule has 0 aromatic heterocycles. The van der Waals surface area contributed by atoms with Crippen molar-refractivity contribution in [3.05, 3.63) is 34.1 Å². The van der Waals surface area contributed by atoms with E-state index in [-0.39, 0.29) is 10.4 Å². The quantitative estimate of drug-likeness (QED) is 0.833. The number of halogens is 2. The molecule has 0 unspecified atom stereocenters. The summed E-state index contributed by atoms with van der Waals surface area (Å²) in [6.07, 6.45) is 1.09. The zero-order chi connectivity index (χ0) is 14.3. The van der Waals surface area contributed by atoms with Gasteiger partial charge in [0.15, 0.2) is 0 Å². The van der Waals surface area contributed by atoms with Crippen molar-refractivity contribution in [2.45, 2.75) is 20.3 Å². The lowest BCUT2D eigenvalue weighted by Crippen LogP contribution is -2.35. The summed E-state index contributed by atoms with van der Waals surface area (Å²) in [4.78, 5) is 14.2. The molecule has 0 fully saturated rings. The number of likely N-dealkylation sites (N-methyl/N-ethyl adjacent to an activating group) is 1. The van der Waals surface area contributed by atoms with Crippen LogP contribution in [-0.2, 0) is 0 Å². The fourth-order valence-electron chi connectivity index (χ4n) is 1.85. The maximum absolute atomic E-state index is 13.3. The first-order valence-corrected chi connectivity index (χ1v) is 7.34. The second kappa shape index (κ2) is 8.27. The molecular weight excluding hydrogens is 311 g/mol. The molecule has 0 aliphatic carbocycles. The predicted molar refractivity (Wildman–Crippen MR) is 78.8 cm³/mol. The Hall–Kier alpha value is -0.940. The molecular formula is C14H20BrFN2O. The topological polar surface area (TPSA) is 32.3 Å². The van der Waals surface area contributed by atoms with Crippen molar-refractivity contribution >= 4 is 21.8 Å². The average molecular weight is 331 g/mol. The van der Waals surface area contributed by atoms with E-state index in [4.69, 9.17) is 0 Å². The van der Waals surface area contributed by atoms with E-state index >= 15 is 0 Å². The molecule has 1 amide bonds. The minimum atomic E-state index is -0.422. The van der Waals surface area contributed by atoms with E-state index < -0.39 is 5.82 Å². The summed E-state index contributed by atoms with van der Waals surface area (Å²) in [6, 6.07) is 4.46. The van der Waals surface area contributed by atoms with Crippen LogP contribution in [0.25, 0.3) is 0 Å². The Bertz CT molecular complexity index is 426. The molecule has 1 aromatic carbocycles. The molecule has 3 nitrogen and oxygen atoms in total. The summed E-state index contributed by atoms with van der Waals surface area (Å²) in [6.45, 7) is 7.59. The zero-order valence-electron chi connectivity index (χ0n) is 11.4. The maximum atomic E-state index is 13.3. The molecule has 0 spiro atoms. The molecule has 0 saturated carbocycles. The number of rotatable bonds is 7. The first kappa shape index (κ1) is 16.1. The van der Waals surface area contributed by atoms with E-state index in [0.717, 1.165) is 26.1 Å². The molecule has 0 saturated heterocycles. The summed E-state index contributed by atoms with van der Waals surface area (Å²) < 4.78 is 13.5. The number of amides is 1. The lowest BCUT2D eigenvalue weighted by Gasteiger charge is -2.19. The van der Waals surface area contributed by atoms with Crippen LogP contribution in [0.1, 0.15) is 30.6 Å². The van der Waals surface area contributed by atoms with Crippen LogP contribution < -0.4 is 5.32 Å². The molecule has 1 rings (SSSR count). The van der Waals surface area contributed by atoms with Gasteiger partial charge in [0, 0.05) is 13.1 Å². The minimum absolute atomic E-state index is 0.216. The number of nitrogens with one attached hydrogen (secondary N) is 1. The van der Waals surface area contributed by atoms with Gasteiger partial charge in [-0.3, -0.25) is 4.79 Å². The number of benzene rings is 1. The first-order chi connectivity index (χ1) is 9.10. The molecule has 5 heteroatoms. The molecule has 0 radical (unpaired) electrons. The maximum Gasteiger partial charge on any atom is 0.252 e. The smallest absolute Gasteiger partial charge is 0.252 e. The van der Waals surface area contributed by atoms with Crippen LogP contribution in [0.5, 0.6) is 0 Å². The lowest BCUT2D eigenvalue weighted by molar-refractivity contribution is 0.0947. The highest BCUT2D eigenvalue weighted by molar-refractivity contribution is 9.10. The Kier molecular flexibility index (Phi) is 7.02. The third-order valence-corrected chi connectivity index (χ3v) is 3.70. The normalized spacial score (nSPS) is 10.8. The van der Waals surface area contributed by atoms with Crippen LogP contribution in [-0.4, -0.2) is 37.0 Å². The first-order valence-electron chi connectivity index (χ1n) is 6.54. The van der Waals surface area contributed by atoms with Gasteiger partial charge in [-0.05, 0) is 47.6 Å². The SMILES string of the molecule is CCCN(CC)CCNC(=O)c1cccc(F)c1Br. The molecule has 1 N–H and O–H groups in total. The fraction of sp³-hybridized carbons (Fsp3) is 0.500. The largest absolute Gasteiger partial charge is 0.351 e. The summed E-state index contributed by atoms with van der Waals surface area (Å²) in [5.41, 5.74) is 0.332. The molecule has 0 bridgehead atoms. The number of nitrogens with zero attached hydrogens (tertiary/aromatic N) is 1. The number of carbonyl (C=O) groups excluding carboxylic acids is 1. The van der Waals surface area contributed by atoms with Gasteiger partial charge >= 0.3 is 0 Å². The van der Waals surface area contributed by atoms with Crippen LogP contribution >= 0.6 is 15.9 Å². The molecule has 0 aliphatic heterocycles. The number of hydrogen-bond donors (Lipinski definition) is 1. The van der Waals surface area contributed by atoms with Crippen LogP contribution in [0.2, 0.25) is 0 Å². The Morgan fingerprint density at radius 1 is 1.37 bits per heavy atom. The van der Waals surface area contributed by atoms with E-state index in [1.807, 2.05) is 0 Å². The van der Waals surface area contributed by atoms with Gasteiger partial charge in [-0.25, -0.2) is 4.39 Å². The number of hydrogen-bond acceptors (Lipinski definition) is 2. The minimum Gasteiger partial charge on any atom is -0.351 e. The van der Waals surface area contributed by atoms with Gasteiger partial charge in [-0.15, -0.1) is 0 Å². The predicted octanol–water partition coefficient (Wildman–Crippen LogP) is 3.05. The molecule has 19 heavy (non-hydrogen) atoms. The fourth-order valence-corrected chi connectivity index (χ4v) is 2.29. The summed E-state index contributed by atoms with van der Waals surface area (Å²) in [5, 5.41) is 2.81. The Morgan fingerprint density at radius 2 is 2.11 bits per heavy atom. The second-order valence-corrected chi connectivity index (χ2v) is 5.08. The second-order valence-electron chi connectivity index (χ2n) is 4.29. The van der Waals surface area contributed by atoms with Crippen molar-refractivity contribution in [1.29, 1.82) is 0 Å². The lowest BCUT2D eigenvalue weighted by atomic mass is 10.2. The van der Waals surface area contributed by atoms with E-state index in [1.54, 1.807) is 6.07 Å². The summed E-state index contributed by atoms with van der Waals surface area (Å²) in [7, 11) is 0. The average Bonchev–Trinajstić information content (AvgIpc) is 2.40. The van der Waals surface area contributed by atoms with E-state index in [9.17, 15) is 9.18 Å². The van der Waals surface area contributed by atoms with Gasteiger partial charge in [-0.2, -0.15) is 0 Å². The third-order valence-electron chi connectivity index (χ3n) is 2.90. The van der Waals surface area contributed by atoms with Gasteiger partial charge < -0.3 is 10.2 Å². The summed E-state index contributed by atoms with van der Waals surface area (Å²) >= 11 is 3.09. The molecule has 106 valence electrons. The Labute approximate surface area is 122 Å². The highest BCUT2D eigenvalue weighted by Gasteiger charge is 2.12. The van der Waals surface area contributed by atoms with Crippen molar-refractivity contribution in [2.24, 2.45) is 0 Å². The van der Waals surface area contributed by atoms with Crippen LogP contribution in [0.4, 0.5) is 4.39 Å². The van der Waals surface area contributed by atoms with Crippen molar-refractivity contribution in [2.75, 3.05) is 26.2 Å². The van der Waals surface area contributed by atoms with Crippen LogP contribution in [0.15, 0.2) is 22.7 Å². The Morgan fingerprint density at radius 3 is 2.74 bits per heavy atom. The van der Waals surface area contributed by atoms with Crippen molar-refractivity contribution in [3.63, 3.8) is 0 Å². The number of carbonyl (C=O) groups is 1. The van der Waals surface area contributed by atoms with Gasteiger partial charge in [0.1, 0.15) is 5.82 Å². The van der Waals surface area contributed by atoms with E-state index in [0.29, 0.717) is 12.1 Å². The highest BCUT2D eigenvalue weighted by atomic mass is 79.9. The van der Waals surface area contributed by atoms with Crippen molar-refractivity contribution in [3.8, 4) is 0 Å². The third kappa shape index (κ3) is 4.91. The van der Waals surface area contributed by atoms with Crippen LogP contribution in [0, 0.1) is 5.82 Å². The monoisotopic (exact) mass is 330 g/mol. The van der Waals surface area contributed by atoms with Gasteiger partial charge in [0.25, 0.3) is 5.91 Å². The van der Waals surface area contributed by atoms with Gasteiger partial charge in [-0.1, -0.05) is 19.9 Å². The molecule has 0 aliphatic rings. The standard InChI is InChI=1S/C14H20BrFN2O/c1-3-9-18(4-2)10-8-17-14(19)11-6-5-7-12(16)13(11)15/h5-7H,3-4,8-10H2,1-2H3,(H,17,19). The molecule has 1 aromatic rings. The molecule has 0 atom stereocenters. The zero-order valence-corrected chi connectivity index (χ0v) is 13.0. The molecule has 0 heterocycles. The Balaban J connectivity index is 2.49. The van der Waals surface area contributed by atoms with Gasteiger partial charge in [0.2, 0.25) is 0 Å². The summed E-state index contributed by atoms with van der Waals surface area (Å²) in [5.74, 6) is -0.673. The van der Waals surface area contributed by atoms with Gasteiger partial charge in [0.05, 0.1) is 10.0 Å². The van der Waals surface area contributed by atoms with Crippen molar-refractivity contribution < 1.29 is 9.18 Å². The van der Waals surface area contributed by atoms with Crippen molar-refractivity contribution in [1.82, 2.24) is 10.2 Å². The van der Waals surface area contributed by atoms with E-state index in [2.05, 4.69) is 40.0 Å². The highest BCUT2D eigenvalue weighted by Crippen LogP contribution is 2.20. The van der Waals surface area contributed by atoms with E-state index in [1.165, 1.54) is 12.1 Å². The van der Waals surface area contributed by atoms with Crippen LogP contribution in [0.3, 0.4) is 0 Å².